The topological polar surface area (TPSA) is 69.6 Å². The maximum Gasteiger partial charge on any atom is 0.335 e. The number of rotatable bonds is 7. The summed E-state index contributed by atoms with van der Waals surface area (Å²) in [5.74, 6) is -1.40. The lowest BCUT2D eigenvalue weighted by Gasteiger charge is -2.21. The van der Waals surface area contributed by atoms with Crippen molar-refractivity contribution in [2.24, 2.45) is 0 Å². The van der Waals surface area contributed by atoms with Gasteiger partial charge in [-0.15, -0.1) is 0 Å². The molecule has 0 aliphatic heterocycles. The summed E-state index contributed by atoms with van der Waals surface area (Å²) in [7, 11) is 0. The predicted octanol–water partition coefficient (Wildman–Crippen LogP) is 4.02. The number of benzene rings is 2. The highest BCUT2D eigenvalue weighted by Crippen LogP contribution is 2.19. The molecule has 0 saturated heterocycles. The van der Waals surface area contributed by atoms with Crippen molar-refractivity contribution >= 4 is 23.3 Å². The van der Waals surface area contributed by atoms with Crippen LogP contribution in [0.3, 0.4) is 0 Å². The fourth-order valence-electron chi connectivity index (χ4n) is 2.74. The van der Waals surface area contributed by atoms with Crippen LogP contribution in [-0.4, -0.2) is 30.1 Å². The van der Waals surface area contributed by atoms with E-state index in [-0.39, 0.29) is 11.5 Å². The Hall–Kier alpha value is -3.08. The van der Waals surface area contributed by atoms with Gasteiger partial charge in [0.05, 0.1) is 5.56 Å². The van der Waals surface area contributed by atoms with Gasteiger partial charge in [-0.25, -0.2) is 4.79 Å². The molecule has 5 heteroatoms. The van der Waals surface area contributed by atoms with Gasteiger partial charge in [0.15, 0.2) is 0 Å². The quantitative estimate of drug-likeness (QED) is 0.789. The van der Waals surface area contributed by atoms with E-state index in [1.807, 2.05) is 37.3 Å². The maximum absolute atomic E-state index is 12.5. The van der Waals surface area contributed by atoms with E-state index in [0.29, 0.717) is 11.3 Å². The van der Waals surface area contributed by atoms with Gasteiger partial charge in [0.25, 0.3) is 5.91 Å². The van der Waals surface area contributed by atoms with Crippen molar-refractivity contribution in [3.8, 4) is 0 Å². The highest BCUT2D eigenvalue weighted by atomic mass is 16.4. The van der Waals surface area contributed by atoms with Gasteiger partial charge in [0.2, 0.25) is 0 Å². The van der Waals surface area contributed by atoms with E-state index in [9.17, 15) is 9.59 Å². The number of aromatic carboxylic acids is 1. The molecule has 0 spiro atoms. The second kappa shape index (κ2) is 8.85. The lowest BCUT2D eigenvalue weighted by atomic mass is 10.1. The van der Waals surface area contributed by atoms with Crippen LogP contribution >= 0.6 is 0 Å². The summed E-state index contributed by atoms with van der Waals surface area (Å²) in [5, 5.41) is 11.9. The second-order valence-corrected chi connectivity index (χ2v) is 5.76. The Kier molecular flexibility index (Phi) is 6.55. The molecule has 136 valence electrons. The van der Waals surface area contributed by atoms with Gasteiger partial charge >= 0.3 is 5.97 Å². The second-order valence-electron chi connectivity index (χ2n) is 5.76. The normalized spacial score (nSPS) is 11.1. The summed E-state index contributed by atoms with van der Waals surface area (Å²) >= 11 is 0. The molecule has 2 N–H and O–H groups in total. The molecule has 5 nitrogen and oxygen atoms in total. The van der Waals surface area contributed by atoms with E-state index < -0.39 is 5.97 Å². The average molecular weight is 352 g/mol. The lowest BCUT2D eigenvalue weighted by Crippen LogP contribution is -2.23. The fourth-order valence-corrected chi connectivity index (χ4v) is 2.74. The monoisotopic (exact) mass is 352 g/mol. The maximum atomic E-state index is 12.5. The smallest absolute Gasteiger partial charge is 0.335 e. The highest BCUT2D eigenvalue weighted by Gasteiger charge is 2.12. The Balaban J connectivity index is 2.18. The molecular formula is C21H24N2O3. The van der Waals surface area contributed by atoms with Crippen molar-refractivity contribution < 1.29 is 14.7 Å². The third kappa shape index (κ3) is 4.51. The first-order chi connectivity index (χ1) is 12.5. The summed E-state index contributed by atoms with van der Waals surface area (Å²) in [4.78, 5) is 25.8. The SMILES string of the molecule is C/C=C(\NC(=O)c1cccc(C(=O)O)c1)c1ccc(N(CC)CC)cc1. The molecule has 26 heavy (non-hydrogen) atoms. The van der Waals surface area contributed by atoms with Gasteiger partial charge in [0, 0.05) is 30.0 Å². The van der Waals surface area contributed by atoms with Crippen LogP contribution in [0.4, 0.5) is 5.69 Å². The Bertz CT molecular complexity index is 806. The Morgan fingerprint density at radius 2 is 1.62 bits per heavy atom. The van der Waals surface area contributed by atoms with Crippen molar-refractivity contribution in [2.45, 2.75) is 20.8 Å². The van der Waals surface area contributed by atoms with E-state index in [1.165, 1.54) is 12.1 Å². The number of carbonyl (C=O) groups excluding carboxylic acids is 1. The molecule has 2 aromatic rings. The van der Waals surface area contributed by atoms with Crippen LogP contribution in [0.15, 0.2) is 54.6 Å². The number of carboxylic acid groups (broad SMARTS) is 1. The van der Waals surface area contributed by atoms with E-state index in [4.69, 9.17) is 5.11 Å². The molecule has 0 atom stereocenters. The largest absolute Gasteiger partial charge is 0.478 e. The number of allylic oxidation sites excluding steroid dienone is 1. The number of hydrogen-bond acceptors (Lipinski definition) is 3. The van der Waals surface area contributed by atoms with E-state index in [1.54, 1.807) is 12.1 Å². The number of hydrogen-bond donors (Lipinski definition) is 2. The molecular weight excluding hydrogens is 328 g/mol. The molecule has 0 unspecified atom stereocenters. The molecule has 0 bridgehead atoms. The fraction of sp³-hybridized carbons (Fsp3) is 0.238. The molecule has 2 rings (SSSR count). The van der Waals surface area contributed by atoms with Crippen LogP contribution in [0.5, 0.6) is 0 Å². The Morgan fingerprint density at radius 1 is 1.00 bits per heavy atom. The molecule has 0 radical (unpaired) electrons. The molecule has 0 aromatic heterocycles. The number of anilines is 1. The lowest BCUT2D eigenvalue weighted by molar-refractivity contribution is 0.0697. The van der Waals surface area contributed by atoms with Gasteiger partial charge < -0.3 is 15.3 Å². The summed E-state index contributed by atoms with van der Waals surface area (Å²) < 4.78 is 0. The zero-order valence-electron chi connectivity index (χ0n) is 15.3. The minimum absolute atomic E-state index is 0.0863. The van der Waals surface area contributed by atoms with E-state index in [2.05, 4.69) is 24.1 Å². The Labute approximate surface area is 154 Å². The molecule has 1 amide bonds. The first-order valence-electron chi connectivity index (χ1n) is 8.66. The highest BCUT2D eigenvalue weighted by molar-refractivity contribution is 6.01. The van der Waals surface area contributed by atoms with Crippen LogP contribution in [0.2, 0.25) is 0 Å². The summed E-state index contributed by atoms with van der Waals surface area (Å²) in [6.45, 7) is 7.94. The minimum Gasteiger partial charge on any atom is -0.478 e. The van der Waals surface area contributed by atoms with Crippen molar-refractivity contribution in [1.82, 2.24) is 5.32 Å². The van der Waals surface area contributed by atoms with E-state index in [0.717, 1.165) is 24.3 Å². The zero-order valence-corrected chi connectivity index (χ0v) is 15.3. The van der Waals surface area contributed by atoms with Crippen molar-refractivity contribution in [3.63, 3.8) is 0 Å². The predicted molar refractivity (Wildman–Crippen MR) is 105 cm³/mol. The van der Waals surface area contributed by atoms with Gasteiger partial charge in [-0.3, -0.25) is 4.79 Å². The number of carboxylic acids is 1. The number of carbonyl (C=O) groups is 2. The van der Waals surface area contributed by atoms with Gasteiger partial charge in [-0.2, -0.15) is 0 Å². The molecule has 0 saturated carbocycles. The van der Waals surface area contributed by atoms with Crippen molar-refractivity contribution in [3.05, 3.63) is 71.3 Å². The summed E-state index contributed by atoms with van der Waals surface area (Å²) in [6.07, 6.45) is 1.82. The van der Waals surface area contributed by atoms with Gasteiger partial charge in [-0.1, -0.05) is 24.3 Å². The first kappa shape index (κ1) is 19.2. The Morgan fingerprint density at radius 3 is 2.15 bits per heavy atom. The molecule has 0 heterocycles. The zero-order chi connectivity index (χ0) is 19.1. The van der Waals surface area contributed by atoms with Crippen LogP contribution in [-0.2, 0) is 0 Å². The summed E-state index contributed by atoms with van der Waals surface area (Å²) in [5.41, 5.74) is 3.11. The van der Waals surface area contributed by atoms with Crippen molar-refractivity contribution in [2.75, 3.05) is 18.0 Å². The first-order valence-corrected chi connectivity index (χ1v) is 8.66. The third-order valence-electron chi connectivity index (χ3n) is 4.22. The van der Waals surface area contributed by atoms with Crippen LogP contribution in [0.25, 0.3) is 5.70 Å². The molecule has 0 aliphatic carbocycles. The van der Waals surface area contributed by atoms with Gasteiger partial charge in [-0.05, 0) is 56.7 Å². The molecule has 0 fully saturated rings. The number of nitrogens with one attached hydrogen (secondary N) is 1. The number of amides is 1. The van der Waals surface area contributed by atoms with E-state index >= 15 is 0 Å². The van der Waals surface area contributed by atoms with Crippen LogP contribution in [0.1, 0.15) is 47.1 Å². The molecule has 0 aliphatic rings. The standard InChI is InChI=1S/C21H24N2O3/c1-4-19(15-10-12-18(13-11-15)23(5-2)6-3)22-20(24)16-8-7-9-17(14-16)21(25)26/h4,7-14H,5-6H2,1-3H3,(H,22,24)(H,25,26)/b19-4-. The van der Waals surface area contributed by atoms with Crippen LogP contribution < -0.4 is 10.2 Å². The van der Waals surface area contributed by atoms with Gasteiger partial charge in [0.1, 0.15) is 0 Å². The summed E-state index contributed by atoms with van der Waals surface area (Å²) in [6, 6.07) is 14.0. The average Bonchev–Trinajstić information content (AvgIpc) is 2.67. The third-order valence-corrected chi connectivity index (χ3v) is 4.22. The van der Waals surface area contributed by atoms with Crippen molar-refractivity contribution in [1.29, 1.82) is 0 Å². The minimum atomic E-state index is -1.06. The van der Waals surface area contributed by atoms with Crippen LogP contribution in [0, 0.1) is 0 Å². The molecule has 2 aromatic carbocycles. The number of nitrogens with zero attached hydrogens (tertiary/aromatic N) is 1.